The van der Waals surface area contributed by atoms with Crippen molar-refractivity contribution in [1.29, 1.82) is 0 Å². The summed E-state index contributed by atoms with van der Waals surface area (Å²) in [6.07, 6.45) is 6.11. The summed E-state index contributed by atoms with van der Waals surface area (Å²) in [4.78, 5) is 39.2. The molecule has 124 valence electrons. The zero-order valence-electron chi connectivity index (χ0n) is 12.9. The summed E-state index contributed by atoms with van der Waals surface area (Å²) in [5.41, 5.74) is 1.09. The van der Waals surface area contributed by atoms with Crippen LogP contribution in [0.15, 0.2) is 48.0 Å². The molecule has 3 unspecified atom stereocenters. The molecule has 2 heterocycles. The number of rotatable bonds is 4. The predicted molar refractivity (Wildman–Crippen MR) is 80.4 cm³/mol. The Morgan fingerprint density at radius 3 is 2.71 bits per heavy atom. The van der Waals surface area contributed by atoms with Crippen LogP contribution >= 0.6 is 0 Å². The Bertz CT molecular complexity index is 724. The average Bonchev–Trinajstić information content (AvgIpc) is 3.06. The molecule has 0 saturated carbocycles. The molecular formula is C17H15NO6. The molecular weight excluding hydrogens is 314 g/mol. The van der Waals surface area contributed by atoms with Gasteiger partial charge in [-0.1, -0.05) is 6.08 Å². The lowest BCUT2D eigenvalue weighted by molar-refractivity contribution is -0.142. The number of pyridine rings is 1. The number of nitrogens with zero attached hydrogens (tertiary/aromatic N) is 1. The van der Waals surface area contributed by atoms with Crippen molar-refractivity contribution in [1.82, 2.24) is 4.98 Å². The SMILES string of the molecule is COC(=O)C1=COC(OC(=O)c2ccncc2)C2C(C=O)=CCC12. The molecule has 0 amide bonds. The number of methoxy groups -OCH3 is 1. The lowest BCUT2D eigenvalue weighted by Gasteiger charge is -2.33. The van der Waals surface area contributed by atoms with E-state index in [1.165, 1.54) is 37.9 Å². The average molecular weight is 329 g/mol. The van der Waals surface area contributed by atoms with E-state index in [-0.39, 0.29) is 5.92 Å². The third kappa shape index (κ3) is 2.80. The van der Waals surface area contributed by atoms with Gasteiger partial charge in [0.1, 0.15) is 6.29 Å². The summed E-state index contributed by atoms with van der Waals surface area (Å²) in [7, 11) is 1.27. The highest BCUT2D eigenvalue weighted by atomic mass is 16.7. The highest BCUT2D eigenvalue weighted by Crippen LogP contribution is 2.43. The molecule has 0 radical (unpaired) electrons. The topological polar surface area (TPSA) is 91.8 Å². The fraction of sp³-hybridized carbons (Fsp3) is 0.294. The van der Waals surface area contributed by atoms with Crippen LogP contribution < -0.4 is 0 Å². The second-order valence-electron chi connectivity index (χ2n) is 5.40. The summed E-state index contributed by atoms with van der Waals surface area (Å²) in [6.45, 7) is 0. The molecule has 7 heteroatoms. The van der Waals surface area contributed by atoms with Gasteiger partial charge in [0.2, 0.25) is 0 Å². The molecule has 0 saturated heterocycles. The molecule has 24 heavy (non-hydrogen) atoms. The maximum absolute atomic E-state index is 12.2. The Hall–Kier alpha value is -2.96. The number of fused-ring (bicyclic) bond motifs is 1. The van der Waals surface area contributed by atoms with Crippen molar-refractivity contribution in [3.05, 3.63) is 53.6 Å². The van der Waals surface area contributed by atoms with Crippen molar-refractivity contribution < 1.29 is 28.6 Å². The molecule has 1 aromatic heterocycles. The molecule has 1 aliphatic heterocycles. The second-order valence-corrected chi connectivity index (χ2v) is 5.40. The van der Waals surface area contributed by atoms with Crippen molar-refractivity contribution in [3.63, 3.8) is 0 Å². The van der Waals surface area contributed by atoms with E-state index < -0.39 is 24.1 Å². The van der Waals surface area contributed by atoms with Crippen LogP contribution in [0.4, 0.5) is 0 Å². The lowest BCUT2D eigenvalue weighted by atomic mass is 9.83. The number of esters is 2. The van der Waals surface area contributed by atoms with Gasteiger partial charge in [-0.2, -0.15) is 0 Å². The summed E-state index contributed by atoms with van der Waals surface area (Å²) >= 11 is 0. The first-order valence-corrected chi connectivity index (χ1v) is 7.35. The quantitative estimate of drug-likeness (QED) is 0.609. The zero-order valence-corrected chi connectivity index (χ0v) is 12.9. The molecule has 1 aliphatic carbocycles. The molecule has 2 aliphatic rings. The van der Waals surface area contributed by atoms with E-state index in [4.69, 9.17) is 14.2 Å². The van der Waals surface area contributed by atoms with E-state index in [1.54, 1.807) is 6.08 Å². The van der Waals surface area contributed by atoms with E-state index >= 15 is 0 Å². The maximum Gasteiger partial charge on any atom is 0.341 e. The van der Waals surface area contributed by atoms with Gasteiger partial charge in [0.25, 0.3) is 6.29 Å². The molecule has 3 atom stereocenters. The van der Waals surface area contributed by atoms with Gasteiger partial charge in [-0.15, -0.1) is 0 Å². The molecule has 7 nitrogen and oxygen atoms in total. The van der Waals surface area contributed by atoms with Crippen LogP contribution in [-0.2, 0) is 23.8 Å². The van der Waals surface area contributed by atoms with Gasteiger partial charge in [-0.3, -0.25) is 9.78 Å². The standard InChI is InChI=1S/C17H15NO6/c1-22-16(21)13-9-23-17(14-11(8-19)2-3-12(13)14)24-15(20)10-4-6-18-7-5-10/h2,4-9,12,14,17H,3H2,1H3. The van der Waals surface area contributed by atoms with E-state index in [2.05, 4.69) is 4.98 Å². The Balaban J connectivity index is 1.84. The molecule has 0 N–H and O–H groups in total. The van der Waals surface area contributed by atoms with Crippen molar-refractivity contribution >= 4 is 18.2 Å². The van der Waals surface area contributed by atoms with Gasteiger partial charge in [0, 0.05) is 18.3 Å². The molecule has 3 rings (SSSR count). The van der Waals surface area contributed by atoms with Crippen molar-refractivity contribution in [3.8, 4) is 0 Å². The number of allylic oxidation sites excluding steroid dienone is 1. The van der Waals surface area contributed by atoms with Crippen LogP contribution in [0.1, 0.15) is 16.8 Å². The van der Waals surface area contributed by atoms with Crippen LogP contribution in [0, 0.1) is 11.8 Å². The summed E-state index contributed by atoms with van der Waals surface area (Å²) in [5.74, 6) is -1.97. The molecule has 0 spiro atoms. The van der Waals surface area contributed by atoms with Crippen LogP contribution in [0.5, 0.6) is 0 Å². The summed E-state index contributed by atoms with van der Waals surface area (Å²) < 4.78 is 15.6. The molecule has 0 aromatic carbocycles. The van der Waals surface area contributed by atoms with Crippen LogP contribution in [0.2, 0.25) is 0 Å². The predicted octanol–water partition coefficient (Wildman–Crippen LogP) is 1.41. The number of aromatic nitrogens is 1. The number of ether oxygens (including phenoxy) is 3. The van der Waals surface area contributed by atoms with Crippen LogP contribution in [0.25, 0.3) is 0 Å². The Kier molecular flexibility index (Phi) is 4.41. The van der Waals surface area contributed by atoms with Crippen molar-refractivity contribution in [2.24, 2.45) is 11.8 Å². The van der Waals surface area contributed by atoms with Gasteiger partial charge >= 0.3 is 11.9 Å². The first kappa shape index (κ1) is 15.9. The number of carbonyl (C=O) groups is 3. The number of aldehydes is 1. The Morgan fingerprint density at radius 2 is 2.04 bits per heavy atom. The maximum atomic E-state index is 12.2. The summed E-state index contributed by atoms with van der Waals surface area (Å²) in [6, 6.07) is 3.03. The van der Waals surface area contributed by atoms with Crippen molar-refractivity contribution in [2.75, 3.05) is 7.11 Å². The van der Waals surface area contributed by atoms with Crippen LogP contribution in [-0.4, -0.2) is 36.6 Å². The first-order chi connectivity index (χ1) is 11.7. The van der Waals surface area contributed by atoms with Crippen molar-refractivity contribution in [2.45, 2.75) is 12.7 Å². The number of hydrogen-bond donors (Lipinski definition) is 0. The third-order valence-corrected chi connectivity index (χ3v) is 4.14. The third-order valence-electron chi connectivity index (χ3n) is 4.14. The van der Waals surface area contributed by atoms with Gasteiger partial charge in [-0.05, 0) is 24.1 Å². The second kappa shape index (κ2) is 6.66. The summed E-state index contributed by atoms with van der Waals surface area (Å²) in [5, 5.41) is 0. The number of hydrogen-bond acceptors (Lipinski definition) is 7. The number of carbonyl (C=O) groups excluding carboxylic acids is 3. The minimum atomic E-state index is -0.983. The van der Waals surface area contributed by atoms with Gasteiger partial charge in [-0.25, -0.2) is 9.59 Å². The highest BCUT2D eigenvalue weighted by Gasteiger charge is 2.46. The van der Waals surface area contributed by atoms with Gasteiger partial charge in [0.05, 0.1) is 30.4 Å². The zero-order chi connectivity index (χ0) is 17.1. The molecule has 0 fully saturated rings. The van der Waals surface area contributed by atoms with E-state index in [0.717, 1.165) is 0 Å². The monoisotopic (exact) mass is 329 g/mol. The molecule has 0 bridgehead atoms. The molecule has 1 aromatic rings. The minimum Gasteiger partial charge on any atom is -0.466 e. The normalized spacial score (nSPS) is 24.8. The van der Waals surface area contributed by atoms with E-state index in [1.807, 2.05) is 0 Å². The smallest absolute Gasteiger partial charge is 0.341 e. The Morgan fingerprint density at radius 1 is 1.29 bits per heavy atom. The highest BCUT2D eigenvalue weighted by molar-refractivity contribution is 5.91. The fourth-order valence-corrected chi connectivity index (χ4v) is 2.96. The lowest BCUT2D eigenvalue weighted by Crippen LogP contribution is -2.38. The minimum absolute atomic E-state index is 0.318. The Labute approximate surface area is 137 Å². The van der Waals surface area contributed by atoms with E-state index in [0.29, 0.717) is 29.4 Å². The van der Waals surface area contributed by atoms with Gasteiger partial charge < -0.3 is 14.2 Å². The van der Waals surface area contributed by atoms with E-state index in [9.17, 15) is 14.4 Å². The fourth-order valence-electron chi connectivity index (χ4n) is 2.96. The van der Waals surface area contributed by atoms with Crippen LogP contribution in [0.3, 0.4) is 0 Å². The van der Waals surface area contributed by atoms with Gasteiger partial charge in [0.15, 0.2) is 0 Å². The first-order valence-electron chi connectivity index (χ1n) is 7.35. The largest absolute Gasteiger partial charge is 0.466 e.